The predicted molar refractivity (Wildman–Crippen MR) is 81.2 cm³/mol. The summed E-state index contributed by atoms with van der Waals surface area (Å²) in [6, 6.07) is 3.41. The first-order valence-electron chi connectivity index (χ1n) is 7.33. The van der Waals surface area contributed by atoms with Crippen LogP contribution in [0.4, 0.5) is 11.5 Å². The Morgan fingerprint density at radius 2 is 2.00 bits per heavy atom. The average Bonchev–Trinajstić information content (AvgIpc) is 2.92. The Morgan fingerprint density at radius 1 is 1.19 bits per heavy atom. The van der Waals surface area contributed by atoms with Gasteiger partial charge in [-0.2, -0.15) is 10.2 Å². The zero-order valence-electron chi connectivity index (χ0n) is 12.0. The van der Waals surface area contributed by atoms with E-state index < -0.39 is 0 Å². The molecule has 1 saturated heterocycles. The van der Waals surface area contributed by atoms with Gasteiger partial charge in [0.2, 0.25) is 0 Å². The molecule has 7 heteroatoms. The SMILES string of the molecule is Nc1ccn(CCn2ncc(N3CCCCC3)cc2=O)n1. The summed E-state index contributed by atoms with van der Waals surface area (Å²) in [6.45, 7) is 3.09. The van der Waals surface area contributed by atoms with Gasteiger partial charge in [-0.05, 0) is 25.3 Å². The van der Waals surface area contributed by atoms with Gasteiger partial charge in [0.15, 0.2) is 0 Å². The fourth-order valence-corrected chi connectivity index (χ4v) is 2.62. The van der Waals surface area contributed by atoms with E-state index in [9.17, 15) is 4.79 Å². The minimum absolute atomic E-state index is 0.0711. The maximum absolute atomic E-state index is 12.1. The van der Waals surface area contributed by atoms with Gasteiger partial charge in [-0.3, -0.25) is 9.48 Å². The predicted octanol–water partition coefficient (Wildman–Crippen LogP) is 0.712. The van der Waals surface area contributed by atoms with Gasteiger partial charge in [-0.15, -0.1) is 0 Å². The van der Waals surface area contributed by atoms with Crippen molar-refractivity contribution in [1.29, 1.82) is 0 Å². The average molecular weight is 288 g/mol. The van der Waals surface area contributed by atoms with Crippen LogP contribution in [-0.4, -0.2) is 32.7 Å². The highest BCUT2D eigenvalue weighted by Gasteiger charge is 2.12. The van der Waals surface area contributed by atoms with Crippen LogP contribution in [-0.2, 0) is 13.1 Å². The second-order valence-corrected chi connectivity index (χ2v) is 5.33. The highest BCUT2D eigenvalue weighted by molar-refractivity contribution is 5.43. The number of rotatable bonds is 4. The number of nitrogen functional groups attached to an aromatic ring is 1. The lowest BCUT2D eigenvalue weighted by Gasteiger charge is -2.28. The van der Waals surface area contributed by atoms with Gasteiger partial charge in [0, 0.05) is 25.4 Å². The molecule has 2 aromatic heterocycles. The van der Waals surface area contributed by atoms with Crippen molar-refractivity contribution in [3.8, 4) is 0 Å². The van der Waals surface area contributed by atoms with Gasteiger partial charge in [0.1, 0.15) is 5.82 Å². The Bertz CT molecular complexity index is 655. The summed E-state index contributed by atoms with van der Waals surface area (Å²) in [7, 11) is 0. The molecule has 0 atom stereocenters. The van der Waals surface area contributed by atoms with E-state index in [2.05, 4.69) is 15.1 Å². The van der Waals surface area contributed by atoms with Gasteiger partial charge >= 0.3 is 0 Å². The van der Waals surface area contributed by atoms with Gasteiger partial charge < -0.3 is 10.6 Å². The third kappa shape index (κ3) is 3.24. The Morgan fingerprint density at radius 3 is 2.67 bits per heavy atom. The van der Waals surface area contributed by atoms with E-state index in [0.717, 1.165) is 18.8 Å². The molecule has 0 bridgehead atoms. The van der Waals surface area contributed by atoms with Crippen LogP contribution >= 0.6 is 0 Å². The maximum Gasteiger partial charge on any atom is 0.268 e. The second kappa shape index (κ2) is 5.99. The minimum Gasteiger partial charge on any atom is -0.382 e. The van der Waals surface area contributed by atoms with Crippen LogP contribution < -0.4 is 16.2 Å². The normalized spacial score (nSPS) is 15.3. The molecule has 2 aromatic rings. The van der Waals surface area contributed by atoms with Gasteiger partial charge in [-0.25, -0.2) is 4.68 Å². The Labute approximate surface area is 123 Å². The second-order valence-electron chi connectivity index (χ2n) is 5.33. The number of nitrogens with zero attached hydrogens (tertiary/aromatic N) is 5. The molecule has 1 aliphatic rings. The zero-order chi connectivity index (χ0) is 14.7. The molecule has 0 unspecified atom stereocenters. The molecular formula is C14H20N6O. The van der Waals surface area contributed by atoms with E-state index in [-0.39, 0.29) is 5.56 Å². The maximum atomic E-state index is 12.1. The van der Waals surface area contributed by atoms with Crippen molar-refractivity contribution in [2.75, 3.05) is 23.7 Å². The molecule has 0 aromatic carbocycles. The highest BCUT2D eigenvalue weighted by Crippen LogP contribution is 2.16. The lowest BCUT2D eigenvalue weighted by atomic mass is 10.1. The van der Waals surface area contributed by atoms with Crippen molar-refractivity contribution in [2.45, 2.75) is 32.4 Å². The van der Waals surface area contributed by atoms with E-state index in [4.69, 9.17) is 5.73 Å². The molecule has 21 heavy (non-hydrogen) atoms. The molecule has 1 aliphatic heterocycles. The van der Waals surface area contributed by atoms with Crippen LogP contribution in [0, 0.1) is 0 Å². The Hall–Kier alpha value is -2.31. The summed E-state index contributed by atoms with van der Waals surface area (Å²) in [5.41, 5.74) is 6.42. The Kier molecular flexibility index (Phi) is 3.89. The smallest absolute Gasteiger partial charge is 0.268 e. The first-order chi connectivity index (χ1) is 10.2. The molecule has 0 amide bonds. The van der Waals surface area contributed by atoms with E-state index >= 15 is 0 Å². The summed E-state index contributed by atoms with van der Waals surface area (Å²) in [6.07, 6.45) is 7.22. The molecule has 3 rings (SSSR count). The van der Waals surface area contributed by atoms with E-state index in [1.807, 2.05) is 0 Å². The Balaban J connectivity index is 1.67. The summed E-state index contributed by atoms with van der Waals surface area (Å²) >= 11 is 0. The third-order valence-electron chi connectivity index (χ3n) is 3.78. The van der Waals surface area contributed by atoms with Crippen LogP contribution in [0.3, 0.4) is 0 Å². The van der Waals surface area contributed by atoms with E-state index in [1.165, 1.54) is 23.9 Å². The summed E-state index contributed by atoms with van der Waals surface area (Å²) in [5.74, 6) is 0.482. The zero-order valence-corrected chi connectivity index (χ0v) is 12.0. The van der Waals surface area contributed by atoms with Crippen LogP contribution in [0.15, 0.2) is 29.3 Å². The summed E-state index contributed by atoms with van der Waals surface area (Å²) < 4.78 is 3.17. The fraction of sp³-hybridized carbons (Fsp3) is 0.500. The number of anilines is 2. The van der Waals surface area contributed by atoms with Crippen molar-refractivity contribution in [1.82, 2.24) is 19.6 Å². The number of aromatic nitrogens is 4. The molecule has 3 heterocycles. The number of hydrogen-bond donors (Lipinski definition) is 1. The van der Waals surface area contributed by atoms with Crippen LogP contribution in [0.25, 0.3) is 0 Å². The minimum atomic E-state index is -0.0711. The van der Waals surface area contributed by atoms with E-state index in [1.54, 1.807) is 29.2 Å². The molecule has 1 fully saturated rings. The number of nitrogens with two attached hydrogens (primary N) is 1. The molecular weight excluding hydrogens is 268 g/mol. The monoisotopic (exact) mass is 288 g/mol. The van der Waals surface area contributed by atoms with Gasteiger partial charge in [0.05, 0.1) is 25.0 Å². The lowest BCUT2D eigenvalue weighted by Crippen LogP contribution is -2.32. The van der Waals surface area contributed by atoms with E-state index in [0.29, 0.717) is 18.9 Å². The summed E-state index contributed by atoms with van der Waals surface area (Å²) in [5, 5.41) is 8.35. The van der Waals surface area contributed by atoms with Crippen LogP contribution in [0.1, 0.15) is 19.3 Å². The van der Waals surface area contributed by atoms with Crippen molar-refractivity contribution in [3.05, 3.63) is 34.9 Å². The topological polar surface area (TPSA) is 82.0 Å². The molecule has 0 radical (unpaired) electrons. The van der Waals surface area contributed by atoms with Crippen molar-refractivity contribution >= 4 is 11.5 Å². The lowest BCUT2D eigenvalue weighted by molar-refractivity contribution is 0.482. The number of piperidine rings is 1. The van der Waals surface area contributed by atoms with Crippen molar-refractivity contribution in [3.63, 3.8) is 0 Å². The van der Waals surface area contributed by atoms with Crippen molar-refractivity contribution < 1.29 is 0 Å². The summed E-state index contributed by atoms with van der Waals surface area (Å²) in [4.78, 5) is 14.4. The third-order valence-corrected chi connectivity index (χ3v) is 3.78. The van der Waals surface area contributed by atoms with Gasteiger partial charge in [-0.1, -0.05) is 0 Å². The molecule has 0 aliphatic carbocycles. The fourth-order valence-electron chi connectivity index (χ4n) is 2.62. The number of hydrogen-bond acceptors (Lipinski definition) is 5. The first-order valence-corrected chi connectivity index (χ1v) is 7.33. The molecule has 2 N–H and O–H groups in total. The van der Waals surface area contributed by atoms with Crippen LogP contribution in [0.2, 0.25) is 0 Å². The number of aryl methyl sites for hydroxylation is 2. The largest absolute Gasteiger partial charge is 0.382 e. The van der Waals surface area contributed by atoms with Crippen LogP contribution in [0.5, 0.6) is 0 Å². The molecule has 0 saturated carbocycles. The molecule has 0 spiro atoms. The first kappa shape index (κ1) is 13.7. The highest BCUT2D eigenvalue weighted by atomic mass is 16.1. The van der Waals surface area contributed by atoms with Crippen molar-refractivity contribution in [2.24, 2.45) is 0 Å². The molecule has 7 nitrogen and oxygen atoms in total. The van der Waals surface area contributed by atoms with Gasteiger partial charge in [0.25, 0.3) is 5.56 Å². The standard InChI is InChI=1S/C14H20N6O/c15-13-4-7-19(17-13)8-9-20-14(21)10-12(11-16-20)18-5-2-1-3-6-18/h4,7,10-11H,1-3,5-6,8-9H2,(H2,15,17). The quantitative estimate of drug-likeness (QED) is 0.896. The molecule has 112 valence electrons.